The van der Waals surface area contributed by atoms with Gasteiger partial charge in [0.2, 0.25) is 0 Å². The minimum atomic E-state index is -0.106. The first-order valence-electron chi connectivity index (χ1n) is 7.61. The molecule has 4 heteroatoms. The van der Waals surface area contributed by atoms with E-state index in [9.17, 15) is 4.79 Å². The predicted molar refractivity (Wildman–Crippen MR) is 93.4 cm³/mol. The molecule has 0 atom stereocenters. The van der Waals surface area contributed by atoms with E-state index in [2.05, 4.69) is 9.97 Å². The molecule has 4 aromatic rings. The lowest BCUT2D eigenvalue weighted by molar-refractivity contribution is 0.105. The molecule has 0 unspecified atom stereocenters. The van der Waals surface area contributed by atoms with Crippen LogP contribution in [0.4, 0.5) is 0 Å². The van der Waals surface area contributed by atoms with E-state index in [0.717, 1.165) is 11.0 Å². The number of H-pyrrole nitrogens is 1. The molecule has 0 aliphatic rings. The molecule has 24 heavy (non-hydrogen) atoms. The maximum Gasteiger partial charge on any atom is 0.196 e. The zero-order chi connectivity index (χ0) is 16.4. The molecule has 0 aliphatic carbocycles. The molecule has 1 N–H and O–H groups in total. The Labute approximate surface area is 138 Å². The normalized spacial score (nSPS) is 11.8. The number of aromatic amines is 1. The summed E-state index contributed by atoms with van der Waals surface area (Å²) in [6, 6.07) is 20.4. The summed E-state index contributed by atoms with van der Waals surface area (Å²) in [5, 5.41) is 0. The van der Waals surface area contributed by atoms with Crippen molar-refractivity contribution in [2.45, 2.75) is 0 Å². The number of ketones is 1. The van der Waals surface area contributed by atoms with Crippen molar-refractivity contribution in [1.82, 2.24) is 9.97 Å². The van der Waals surface area contributed by atoms with Crippen LogP contribution in [0.1, 0.15) is 21.9 Å². The van der Waals surface area contributed by atoms with Gasteiger partial charge in [0, 0.05) is 5.56 Å². The summed E-state index contributed by atoms with van der Waals surface area (Å²) < 4.78 is 5.38. The number of furan rings is 1. The van der Waals surface area contributed by atoms with Gasteiger partial charge in [-0.15, -0.1) is 0 Å². The highest BCUT2D eigenvalue weighted by molar-refractivity contribution is 6.31. The number of nitrogens with one attached hydrogen (secondary N) is 1. The Morgan fingerprint density at radius 3 is 2.50 bits per heavy atom. The number of para-hydroxylation sites is 2. The highest BCUT2D eigenvalue weighted by Gasteiger charge is 2.18. The highest BCUT2D eigenvalue weighted by Crippen LogP contribution is 2.23. The molecule has 0 spiro atoms. The highest BCUT2D eigenvalue weighted by atomic mass is 16.3. The molecule has 116 valence electrons. The fourth-order valence-corrected chi connectivity index (χ4v) is 2.58. The minimum Gasteiger partial charge on any atom is -0.465 e. The van der Waals surface area contributed by atoms with Crippen LogP contribution in [0, 0.1) is 0 Å². The van der Waals surface area contributed by atoms with E-state index in [1.165, 1.54) is 0 Å². The number of fused-ring (bicyclic) bond motifs is 1. The van der Waals surface area contributed by atoms with E-state index in [-0.39, 0.29) is 5.78 Å². The monoisotopic (exact) mass is 314 g/mol. The Hall–Kier alpha value is -3.40. The molecule has 4 rings (SSSR count). The smallest absolute Gasteiger partial charge is 0.196 e. The summed E-state index contributed by atoms with van der Waals surface area (Å²) in [5.74, 6) is 1.03. The number of carbonyl (C=O) groups excluding carboxylic acids is 1. The topological polar surface area (TPSA) is 58.9 Å². The van der Waals surface area contributed by atoms with E-state index in [4.69, 9.17) is 4.42 Å². The molecule has 0 saturated carbocycles. The Bertz CT molecular complexity index is 979. The number of rotatable bonds is 4. The number of nitrogens with zero attached hydrogens (tertiary/aromatic N) is 1. The predicted octanol–water partition coefficient (Wildman–Crippen LogP) is 4.58. The van der Waals surface area contributed by atoms with Crippen LogP contribution in [-0.2, 0) is 0 Å². The molecule has 0 amide bonds. The van der Waals surface area contributed by atoms with Crippen LogP contribution < -0.4 is 0 Å². The number of aromatic nitrogens is 2. The molecule has 0 aliphatic heterocycles. The van der Waals surface area contributed by atoms with Gasteiger partial charge in [-0.2, -0.15) is 0 Å². The van der Waals surface area contributed by atoms with Gasteiger partial charge in [-0.1, -0.05) is 42.5 Å². The summed E-state index contributed by atoms with van der Waals surface area (Å²) in [4.78, 5) is 20.7. The SMILES string of the molecule is O=C(/C(=C/c1ccco1)c1nc2ccccc2[nH]1)c1ccccc1. The quantitative estimate of drug-likeness (QED) is 0.443. The maximum absolute atomic E-state index is 13.0. The van der Waals surface area contributed by atoms with Gasteiger partial charge < -0.3 is 9.40 Å². The van der Waals surface area contributed by atoms with Gasteiger partial charge in [0.05, 0.1) is 22.9 Å². The first-order valence-corrected chi connectivity index (χ1v) is 7.61. The number of imidazole rings is 1. The third-order valence-corrected chi connectivity index (χ3v) is 3.75. The molecular weight excluding hydrogens is 300 g/mol. The summed E-state index contributed by atoms with van der Waals surface area (Å²) in [5.41, 5.74) is 2.78. The van der Waals surface area contributed by atoms with Crippen molar-refractivity contribution in [3.63, 3.8) is 0 Å². The van der Waals surface area contributed by atoms with E-state index in [1.54, 1.807) is 36.6 Å². The van der Waals surface area contributed by atoms with Crippen molar-refractivity contribution in [3.05, 3.63) is 90.1 Å². The van der Waals surface area contributed by atoms with Gasteiger partial charge in [0.15, 0.2) is 5.78 Å². The first-order chi connectivity index (χ1) is 11.8. The lowest BCUT2D eigenvalue weighted by Gasteiger charge is -2.03. The third-order valence-electron chi connectivity index (χ3n) is 3.75. The number of hydrogen-bond donors (Lipinski definition) is 1. The first kappa shape index (κ1) is 14.2. The molecule has 0 radical (unpaired) electrons. The van der Waals surface area contributed by atoms with E-state index in [1.807, 2.05) is 42.5 Å². The fraction of sp³-hybridized carbons (Fsp3) is 0. The van der Waals surface area contributed by atoms with E-state index in [0.29, 0.717) is 22.7 Å². The Kier molecular flexibility index (Phi) is 3.56. The van der Waals surface area contributed by atoms with Crippen molar-refractivity contribution < 1.29 is 9.21 Å². The van der Waals surface area contributed by atoms with Crippen LogP contribution in [-0.4, -0.2) is 15.8 Å². The van der Waals surface area contributed by atoms with Crippen molar-refractivity contribution >= 4 is 28.5 Å². The minimum absolute atomic E-state index is 0.106. The molecule has 2 heterocycles. The second-order valence-corrected chi connectivity index (χ2v) is 5.37. The number of hydrogen-bond acceptors (Lipinski definition) is 3. The second-order valence-electron chi connectivity index (χ2n) is 5.37. The van der Waals surface area contributed by atoms with Gasteiger partial charge in [-0.3, -0.25) is 4.79 Å². The van der Waals surface area contributed by atoms with Crippen LogP contribution in [0.2, 0.25) is 0 Å². The molecule has 4 nitrogen and oxygen atoms in total. The van der Waals surface area contributed by atoms with Crippen molar-refractivity contribution in [3.8, 4) is 0 Å². The molecule has 2 aromatic carbocycles. The van der Waals surface area contributed by atoms with E-state index < -0.39 is 0 Å². The standard InChI is InChI=1S/C20H14N2O2/c23-19(14-7-2-1-3-8-14)16(13-15-9-6-12-24-15)20-21-17-10-4-5-11-18(17)22-20/h1-13H,(H,21,22)/b16-13-. The zero-order valence-electron chi connectivity index (χ0n) is 12.8. The average Bonchev–Trinajstić information content (AvgIpc) is 3.29. The molecule has 0 fully saturated rings. The van der Waals surface area contributed by atoms with Gasteiger partial charge in [0.25, 0.3) is 0 Å². The van der Waals surface area contributed by atoms with Gasteiger partial charge in [0.1, 0.15) is 11.6 Å². The summed E-state index contributed by atoms with van der Waals surface area (Å²) in [6.07, 6.45) is 3.29. The summed E-state index contributed by atoms with van der Waals surface area (Å²) >= 11 is 0. The lowest BCUT2D eigenvalue weighted by Crippen LogP contribution is -2.04. The number of Topliss-reactive ketones (excluding diaryl/α,β-unsaturated/α-hetero) is 1. The number of benzene rings is 2. The Morgan fingerprint density at radius 2 is 1.75 bits per heavy atom. The van der Waals surface area contributed by atoms with Gasteiger partial charge in [-0.25, -0.2) is 4.98 Å². The van der Waals surface area contributed by atoms with Gasteiger partial charge >= 0.3 is 0 Å². The lowest BCUT2D eigenvalue weighted by atomic mass is 10.0. The van der Waals surface area contributed by atoms with Crippen molar-refractivity contribution in [2.24, 2.45) is 0 Å². The zero-order valence-corrected chi connectivity index (χ0v) is 12.8. The molecule has 0 bridgehead atoms. The number of allylic oxidation sites excluding steroid dienone is 1. The third kappa shape index (κ3) is 2.65. The second kappa shape index (κ2) is 6.01. The van der Waals surface area contributed by atoms with Crippen LogP contribution in [0.15, 0.2) is 77.4 Å². The summed E-state index contributed by atoms with van der Waals surface area (Å²) in [7, 11) is 0. The molecule has 2 aromatic heterocycles. The van der Waals surface area contributed by atoms with Crippen LogP contribution >= 0.6 is 0 Å². The largest absolute Gasteiger partial charge is 0.465 e. The average molecular weight is 314 g/mol. The van der Waals surface area contributed by atoms with Crippen LogP contribution in [0.25, 0.3) is 22.7 Å². The van der Waals surface area contributed by atoms with Crippen molar-refractivity contribution in [1.29, 1.82) is 0 Å². The Balaban J connectivity index is 1.86. The van der Waals surface area contributed by atoms with Crippen LogP contribution in [0.3, 0.4) is 0 Å². The number of carbonyl (C=O) groups is 1. The molecular formula is C20H14N2O2. The molecule has 0 saturated heterocycles. The van der Waals surface area contributed by atoms with E-state index >= 15 is 0 Å². The Morgan fingerprint density at radius 1 is 0.958 bits per heavy atom. The van der Waals surface area contributed by atoms with Crippen molar-refractivity contribution in [2.75, 3.05) is 0 Å². The maximum atomic E-state index is 13.0. The van der Waals surface area contributed by atoms with Gasteiger partial charge in [-0.05, 0) is 30.3 Å². The fourth-order valence-electron chi connectivity index (χ4n) is 2.58. The van der Waals surface area contributed by atoms with Crippen LogP contribution in [0.5, 0.6) is 0 Å². The summed E-state index contributed by atoms with van der Waals surface area (Å²) in [6.45, 7) is 0.